The minimum Gasteiger partial charge on any atom is -0.508 e. The molecule has 10 aliphatic heterocycles. The molecule has 15 heteroatoms. The van der Waals surface area contributed by atoms with Gasteiger partial charge in [0.25, 0.3) is 0 Å². The Kier molecular flexibility index (Phi) is 24.7. The smallest absolute Gasteiger partial charge is 0.129 e. The lowest BCUT2D eigenvalue weighted by molar-refractivity contribution is 0.0822. The van der Waals surface area contributed by atoms with Gasteiger partial charge in [-0.2, -0.15) is 0 Å². The van der Waals surface area contributed by atoms with Crippen molar-refractivity contribution < 1.29 is 72.9 Å². The first-order chi connectivity index (χ1) is 59.2. The maximum atomic E-state index is 10.5. The third-order valence-electron chi connectivity index (χ3n) is 27.0. The summed E-state index contributed by atoms with van der Waals surface area (Å²) < 4.78 is 61.4. The van der Waals surface area contributed by atoms with Gasteiger partial charge in [0, 0.05) is 85.2 Å². The largest absolute Gasteiger partial charge is 0.508 e. The second kappa shape index (κ2) is 35.3. The highest BCUT2D eigenvalue weighted by molar-refractivity contribution is 5.60. The molecule has 10 aromatic carbocycles. The molecule has 0 saturated carbocycles. The third-order valence-corrected chi connectivity index (χ3v) is 27.0. The Balaban J connectivity index is 0.000000115. The van der Waals surface area contributed by atoms with E-state index in [0.29, 0.717) is 67.7 Å². The van der Waals surface area contributed by atoms with E-state index in [1.54, 1.807) is 6.07 Å². The van der Waals surface area contributed by atoms with E-state index in [-0.39, 0.29) is 57.6 Å². The summed E-state index contributed by atoms with van der Waals surface area (Å²) in [5, 5.41) is 51.8. The number of ether oxygens (including phenoxy) is 10. The van der Waals surface area contributed by atoms with Gasteiger partial charge in [-0.3, -0.25) is 0 Å². The fourth-order valence-electron chi connectivity index (χ4n) is 19.7. The van der Waals surface area contributed by atoms with Crippen molar-refractivity contribution in [2.24, 2.45) is 0 Å². The van der Waals surface area contributed by atoms with E-state index in [9.17, 15) is 25.5 Å². The summed E-state index contributed by atoms with van der Waals surface area (Å²) in [6, 6.07) is 52.7. The van der Waals surface area contributed by atoms with Gasteiger partial charge in [0.05, 0.1) is 33.0 Å². The Bertz CT molecular complexity index is 5590. The fraction of sp³-hybridized carbons (Fsp3) is 0.450. The molecule has 15 nitrogen and oxygen atoms in total. The maximum absolute atomic E-state index is 10.5. The van der Waals surface area contributed by atoms with Gasteiger partial charge in [-0.1, -0.05) is 131 Å². The van der Waals surface area contributed by atoms with Crippen molar-refractivity contribution in [2.75, 3.05) is 33.0 Å². The molecule has 0 spiro atoms. The van der Waals surface area contributed by atoms with Crippen LogP contribution in [0.4, 0.5) is 0 Å². The van der Waals surface area contributed by atoms with Crippen molar-refractivity contribution in [3.8, 4) is 86.2 Å². The van der Waals surface area contributed by atoms with Crippen LogP contribution in [0, 0.1) is 6.92 Å². The molecule has 5 N–H and O–H groups in total. The number of hydrogen-bond donors (Lipinski definition) is 5. The van der Waals surface area contributed by atoms with Crippen LogP contribution in [-0.2, 0) is 77.0 Å². The number of phenolic OH excluding ortho intramolecular Hbond substituents is 5. The number of rotatable bonds is 9. The molecule has 5 atom stereocenters. The lowest BCUT2D eigenvalue weighted by Crippen LogP contribution is -2.33. The summed E-state index contributed by atoms with van der Waals surface area (Å²) in [5.74, 6) is 13.1. The SMILES string of the molecule is CC(C)c1ccc(C2COc3c(ccc4c3CCC(C)(C)O4)C2)c(O)c1.CC1(C)CCc2c(ccc3c2OCC(c2ccccc2O)C3)O1.CCCc1ccc(C2COc3c(ccc4c3CCC(C)(C)O4)C2)c(O)c1.CCc1ccc(C2COc3c(ccc4c3CCC(C)(C)O4)C2)c(O)c1.Cc1ccc(C2COc3c(ccc4c3CCC(C)(C)O4)C2)c(O)c1. The number of aryl methyl sites for hydroxylation is 3. The predicted molar refractivity (Wildman–Crippen MR) is 490 cm³/mol. The third kappa shape index (κ3) is 19.1. The van der Waals surface area contributed by atoms with Gasteiger partial charge in [-0.15, -0.1) is 0 Å². The zero-order valence-electron chi connectivity index (χ0n) is 75.6. The van der Waals surface area contributed by atoms with Crippen LogP contribution >= 0.6 is 0 Å². The average Bonchev–Trinajstić information content (AvgIpc) is 0.785. The number of phenols is 5. The predicted octanol–water partition coefficient (Wildman–Crippen LogP) is 24.0. The molecule has 0 radical (unpaired) electrons. The van der Waals surface area contributed by atoms with Crippen molar-refractivity contribution in [1.82, 2.24) is 0 Å². The molecule has 0 aliphatic carbocycles. The van der Waals surface area contributed by atoms with Crippen LogP contribution in [0.5, 0.6) is 86.2 Å². The van der Waals surface area contributed by atoms with Gasteiger partial charge >= 0.3 is 0 Å². The van der Waals surface area contributed by atoms with E-state index >= 15 is 0 Å². The van der Waals surface area contributed by atoms with Crippen LogP contribution in [0.2, 0.25) is 0 Å². The van der Waals surface area contributed by atoms with Gasteiger partial charge < -0.3 is 72.9 Å². The summed E-state index contributed by atoms with van der Waals surface area (Å²) in [7, 11) is 0. The van der Waals surface area contributed by atoms with Gasteiger partial charge in [0.15, 0.2) is 0 Å². The molecule has 0 bridgehead atoms. The van der Waals surface area contributed by atoms with E-state index in [2.05, 4.69) is 194 Å². The lowest BCUT2D eigenvalue weighted by atomic mass is 9.85. The molecular formula is C109H128O15. The van der Waals surface area contributed by atoms with Crippen LogP contribution < -0.4 is 47.4 Å². The van der Waals surface area contributed by atoms with Crippen molar-refractivity contribution in [3.05, 3.63) is 263 Å². The van der Waals surface area contributed by atoms with Crippen LogP contribution in [0.3, 0.4) is 0 Å². The van der Waals surface area contributed by atoms with Gasteiger partial charge in [-0.25, -0.2) is 0 Å². The molecule has 654 valence electrons. The first-order valence-corrected chi connectivity index (χ1v) is 45.6. The van der Waals surface area contributed by atoms with E-state index < -0.39 is 0 Å². The summed E-state index contributed by atoms with van der Waals surface area (Å²) in [6.07, 6.45) is 17.5. The monoisotopic (exact) mass is 1680 g/mol. The molecule has 0 saturated heterocycles. The van der Waals surface area contributed by atoms with Crippen LogP contribution in [0.15, 0.2) is 158 Å². The van der Waals surface area contributed by atoms with Crippen molar-refractivity contribution in [1.29, 1.82) is 0 Å². The highest BCUT2D eigenvalue weighted by Crippen LogP contribution is 2.52. The Hall–Kier alpha value is -10.8. The second-order valence-electron chi connectivity index (χ2n) is 39.5. The topological polar surface area (TPSA) is 193 Å². The molecule has 5 unspecified atom stereocenters. The Morgan fingerprint density at radius 1 is 0.315 bits per heavy atom. The Labute approximate surface area is 734 Å². The van der Waals surface area contributed by atoms with Gasteiger partial charge in [0.1, 0.15) is 114 Å². The maximum Gasteiger partial charge on any atom is 0.129 e. The number of fused-ring (bicyclic) bond motifs is 15. The molecule has 124 heavy (non-hydrogen) atoms. The summed E-state index contributed by atoms with van der Waals surface area (Å²) >= 11 is 0. The molecule has 20 rings (SSSR count). The van der Waals surface area contributed by atoms with Crippen LogP contribution in [0.25, 0.3) is 0 Å². The highest BCUT2D eigenvalue weighted by Gasteiger charge is 2.40. The number of benzene rings is 10. The van der Waals surface area contributed by atoms with Crippen molar-refractivity contribution >= 4 is 0 Å². The van der Waals surface area contributed by atoms with Gasteiger partial charge in [-0.05, 0) is 302 Å². The fourth-order valence-corrected chi connectivity index (χ4v) is 19.7. The van der Waals surface area contributed by atoms with Crippen LogP contribution in [0.1, 0.15) is 277 Å². The van der Waals surface area contributed by atoms with Gasteiger partial charge in [0.2, 0.25) is 0 Å². The van der Waals surface area contributed by atoms with E-state index in [0.717, 1.165) is 218 Å². The standard InChI is InChI=1S/2C23H28O3.C22H26O3.C21H24O3.C20H22O3/c1-14(2)15-5-7-18(20(24)12-15)17-11-16-6-8-21-19(22(16)25-13-17)9-10-23(3,4)26-21;1-4-5-15-6-8-18(20(24)12-15)17-13-16-7-9-21-19(22(16)25-14-17)10-11-23(2,3)26-21;1-4-14-5-7-17(19(23)11-14)16-12-15-6-8-20-18(21(15)24-13-16)9-10-22(2,3)25-20;1-13-4-6-16(18(22)10-13)15-11-14-5-7-19-17(20(14)23-12-15)8-9-21(2,3)24-19;1-20(2)10-9-16-18(23-20)8-7-13-11-14(12-22-19(13)16)15-5-3-4-6-17(15)21/h5-8,12,14,17,24H,9-11,13H2,1-4H3;6-9,12,17,24H,4-5,10-11,13-14H2,1-3H3;5-8,11,16,23H,4,9-10,12-13H2,1-3H3;4-7,10,15,22H,8-9,11-12H2,1-3H3;3-8,14,21H,9-12H2,1-2H3. The minimum atomic E-state index is -0.109. The average molecular weight is 1680 g/mol. The molecule has 0 aromatic heterocycles. The minimum absolute atomic E-state index is 0.103. The molecular weight excluding hydrogens is 1550 g/mol. The summed E-state index contributed by atoms with van der Waals surface area (Å²) in [5.41, 5.74) is 21.1. The normalized spacial score (nSPS) is 21.0. The lowest BCUT2D eigenvalue weighted by Gasteiger charge is -2.35. The summed E-state index contributed by atoms with van der Waals surface area (Å²) in [4.78, 5) is 0. The number of aromatic hydroxyl groups is 5. The second-order valence-corrected chi connectivity index (χ2v) is 39.5. The molecule has 10 aliphatic rings. The zero-order valence-corrected chi connectivity index (χ0v) is 75.6. The zero-order chi connectivity index (χ0) is 87.3. The first-order valence-electron chi connectivity index (χ1n) is 45.6. The van der Waals surface area contributed by atoms with E-state index in [1.165, 1.54) is 61.2 Å². The number of hydrogen-bond acceptors (Lipinski definition) is 15. The number of para-hydroxylation sites is 1. The first kappa shape index (κ1) is 86.7. The van der Waals surface area contributed by atoms with E-state index in [1.807, 2.05) is 61.5 Å². The molecule has 10 aromatic rings. The molecule has 10 heterocycles. The van der Waals surface area contributed by atoms with Crippen molar-refractivity contribution in [2.45, 2.75) is 283 Å². The Morgan fingerprint density at radius 3 is 0.887 bits per heavy atom. The molecule has 0 fully saturated rings. The van der Waals surface area contributed by atoms with Crippen LogP contribution in [-0.4, -0.2) is 86.6 Å². The van der Waals surface area contributed by atoms with Crippen molar-refractivity contribution in [3.63, 3.8) is 0 Å². The summed E-state index contributed by atoms with van der Waals surface area (Å²) in [6.45, 7) is 34.9. The quantitative estimate of drug-likeness (QED) is 0.0916. The highest BCUT2D eigenvalue weighted by atomic mass is 16.5. The molecule has 0 amide bonds. The Morgan fingerprint density at radius 2 is 0.597 bits per heavy atom. The van der Waals surface area contributed by atoms with E-state index in [4.69, 9.17) is 47.4 Å².